The number of benzene rings is 1. The van der Waals surface area contributed by atoms with E-state index in [0.29, 0.717) is 17.2 Å². The van der Waals surface area contributed by atoms with Crippen LogP contribution >= 0.6 is 11.6 Å². The molecule has 8 heteroatoms. The van der Waals surface area contributed by atoms with Gasteiger partial charge in [0.2, 0.25) is 5.91 Å². The van der Waals surface area contributed by atoms with Crippen LogP contribution in [0.3, 0.4) is 0 Å². The monoisotopic (exact) mass is 398 g/mol. The number of rotatable bonds is 9. The number of hydrogen-bond donors (Lipinski definition) is 2. The summed E-state index contributed by atoms with van der Waals surface area (Å²) in [6.07, 6.45) is -0.385. The van der Waals surface area contributed by atoms with Crippen LogP contribution in [0.5, 0.6) is 5.75 Å². The molecule has 1 aromatic carbocycles. The number of amides is 2. The summed E-state index contributed by atoms with van der Waals surface area (Å²) in [4.78, 5) is 35.8. The third kappa shape index (κ3) is 8.77. The summed E-state index contributed by atoms with van der Waals surface area (Å²) < 4.78 is 10.2. The van der Waals surface area contributed by atoms with E-state index >= 15 is 0 Å². The molecule has 27 heavy (non-hydrogen) atoms. The van der Waals surface area contributed by atoms with Crippen molar-refractivity contribution in [3.05, 3.63) is 29.3 Å². The summed E-state index contributed by atoms with van der Waals surface area (Å²) in [6, 6.07) is 5.99. The SMILES string of the molecule is CC(C)OC(=O)NC(C(=O)NCCCC(=O)Oc1ccccc1Cl)C(C)C. The van der Waals surface area contributed by atoms with Gasteiger partial charge in [-0.15, -0.1) is 0 Å². The summed E-state index contributed by atoms with van der Waals surface area (Å²) in [5.41, 5.74) is 0. The number of hydrogen-bond acceptors (Lipinski definition) is 5. The van der Waals surface area contributed by atoms with Crippen LogP contribution in [0.2, 0.25) is 5.02 Å². The fourth-order valence-electron chi connectivity index (χ4n) is 2.17. The lowest BCUT2D eigenvalue weighted by atomic mass is 10.0. The van der Waals surface area contributed by atoms with Crippen molar-refractivity contribution in [2.75, 3.05) is 6.54 Å². The minimum absolute atomic E-state index is 0.116. The number of nitrogens with one attached hydrogen (secondary N) is 2. The first kappa shape index (κ1) is 22.8. The number of carbonyl (C=O) groups excluding carboxylic acids is 3. The van der Waals surface area contributed by atoms with Gasteiger partial charge in [-0.2, -0.15) is 0 Å². The molecule has 1 rings (SSSR count). The molecule has 1 atom stereocenters. The van der Waals surface area contributed by atoms with Crippen molar-refractivity contribution in [2.24, 2.45) is 5.92 Å². The zero-order chi connectivity index (χ0) is 20.4. The first-order valence-electron chi connectivity index (χ1n) is 8.90. The average Bonchev–Trinajstić information content (AvgIpc) is 2.57. The number of carbonyl (C=O) groups is 3. The van der Waals surface area contributed by atoms with E-state index in [-0.39, 0.29) is 30.9 Å². The molecule has 0 spiro atoms. The highest BCUT2D eigenvalue weighted by Gasteiger charge is 2.24. The van der Waals surface area contributed by atoms with Gasteiger partial charge in [0.15, 0.2) is 0 Å². The van der Waals surface area contributed by atoms with Crippen LogP contribution in [0.15, 0.2) is 24.3 Å². The molecule has 7 nitrogen and oxygen atoms in total. The van der Waals surface area contributed by atoms with Crippen molar-refractivity contribution in [3.8, 4) is 5.75 Å². The van der Waals surface area contributed by atoms with Crippen molar-refractivity contribution in [2.45, 2.75) is 52.7 Å². The molecule has 2 N–H and O–H groups in total. The second-order valence-corrected chi connectivity index (χ2v) is 7.03. The molecule has 1 aromatic rings. The molecular weight excluding hydrogens is 372 g/mol. The van der Waals surface area contributed by atoms with Gasteiger partial charge < -0.3 is 20.1 Å². The van der Waals surface area contributed by atoms with Gasteiger partial charge in [0.1, 0.15) is 11.8 Å². The minimum atomic E-state index is -0.716. The van der Waals surface area contributed by atoms with Gasteiger partial charge in [-0.25, -0.2) is 4.79 Å². The lowest BCUT2D eigenvalue weighted by Gasteiger charge is -2.22. The van der Waals surface area contributed by atoms with E-state index in [1.54, 1.807) is 38.1 Å². The van der Waals surface area contributed by atoms with E-state index in [9.17, 15) is 14.4 Å². The van der Waals surface area contributed by atoms with Gasteiger partial charge >= 0.3 is 12.1 Å². The number of halogens is 1. The Balaban J connectivity index is 2.38. The van der Waals surface area contributed by atoms with E-state index in [0.717, 1.165) is 0 Å². The smallest absolute Gasteiger partial charge is 0.408 e. The largest absolute Gasteiger partial charge is 0.447 e. The van der Waals surface area contributed by atoms with Gasteiger partial charge in [0.05, 0.1) is 11.1 Å². The van der Waals surface area contributed by atoms with Crippen LogP contribution in [0.4, 0.5) is 4.79 Å². The zero-order valence-corrected chi connectivity index (χ0v) is 16.8. The fourth-order valence-corrected chi connectivity index (χ4v) is 2.34. The van der Waals surface area contributed by atoms with Crippen LogP contribution < -0.4 is 15.4 Å². The summed E-state index contributed by atoms with van der Waals surface area (Å²) in [6.45, 7) is 7.37. The quantitative estimate of drug-likeness (QED) is 0.378. The third-order valence-electron chi connectivity index (χ3n) is 3.48. The summed E-state index contributed by atoms with van der Waals surface area (Å²) in [7, 11) is 0. The number of alkyl carbamates (subject to hydrolysis) is 1. The van der Waals surface area contributed by atoms with Gasteiger partial charge in [-0.05, 0) is 38.3 Å². The number of esters is 1. The molecule has 0 fully saturated rings. The highest BCUT2D eigenvalue weighted by atomic mass is 35.5. The van der Waals surface area contributed by atoms with Crippen LogP contribution in [-0.2, 0) is 14.3 Å². The van der Waals surface area contributed by atoms with Gasteiger partial charge in [-0.3, -0.25) is 9.59 Å². The highest BCUT2D eigenvalue weighted by Crippen LogP contribution is 2.23. The Morgan fingerprint density at radius 1 is 1.11 bits per heavy atom. The molecule has 0 saturated carbocycles. The molecule has 0 heterocycles. The van der Waals surface area contributed by atoms with Crippen LogP contribution in [0.25, 0.3) is 0 Å². The maximum Gasteiger partial charge on any atom is 0.408 e. The predicted octanol–water partition coefficient (Wildman–Crippen LogP) is 3.30. The first-order chi connectivity index (χ1) is 12.7. The Morgan fingerprint density at radius 3 is 2.37 bits per heavy atom. The van der Waals surface area contributed by atoms with Crippen molar-refractivity contribution in [3.63, 3.8) is 0 Å². The van der Waals surface area contributed by atoms with Gasteiger partial charge in [0, 0.05) is 13.0 Å². The average molecular weight is 399 g/mol. The van der Waals surface area contributed by atoms with E-state index in [4.69, 9.17) is 21.1 Å². The second kappa shape index (κ2) is 11.4. The van der Waals surface area contributed by atoms with Crippen molar-refractivity contribution in [1.29, 1.82) is 0 Å². The molecule has 0 aliphatic carbocycles. The molecule has 0 saturated heterocycles. The van der Waals surface area contributed by atoms with E-state index in [2.05, 4.69) is 10.6 Å². The molecule has 0 aromatic heterocycles. The predicted molar refractivity (Wildman–Crippen MR) is 103 cm³/mol. The van der Waals surface area contributed by atoms with Crippen molar-refractivity contribution < 1.29 is 23.9 Å². The Kier molecular flexibility index (Phi) is 9.64. The van der Waals surface area contributed by atoms with Crippen LogP contribution in [0.1, 0.15) is 40.5 Å². The fraction of sp³-hybridized carbons (Fsp3) is 0.526. The Bertz CT molecular complexity index is 649. The minimum Gasteiger partial charge on any atom is -0.447 e. The van der Waals surface area contributed by atoms with E-state index in [1.165, 1.54) is 0 Å². The summed E-state index contributed by atoms with van der Waals surface area (Å²) >= 11 is 5.93. The Morgan fingerprint density at radius 2 is 1.78 bits per heavy atom. The topological polar surface area (TPSA) is 93.7 Å². The summed E-state index contributed by atoms with van der Waals surface area (Å²) in [5.74, 6) is -0.572. The third-order valence-corrected chi connectivity index (χ3v) is 3.79. The molecule has 0 bridgehead atoms. The van der Waals surface area contributed by atoms with Crippen LogP contribution in [0, 0.1) is 5.92 Å². The van der Waals surface area contributed by atoms with Crippen LogP contribution in [-0.4, -0.2) is 36.7 Å². The van der Waals surface area contributed by atoms with Gasteiger partial charge in [-0.1, -0.05) is 37.6 Å². The molecule has 1 unspecified atom stereocenters. The maximum atomic E-state index is 12.3. The van der Waals surface area contributed by atoms with Crippen molar-refractivity contribution in [1.82, 2.24) is 10.6 Å². The normalized spacial score (nSPS) is 11.8. The number of para-hydroxylation sites is 1. The lowest BCUT2D eigenvalue weighted by molar-refractivity contribution is -0.134. The number of ether oxygens (including phenoxy) is 2. The summed E-state index contributed by atoms with van der Waals surface area (Å²) in [5, 5.41) is 5.63. The molecular formula is C19H27ClN2O5. The highest BCUT2D eigenvalue weighted by molar-refractivity contribution is 6.32. The molecule has 150 valence electrons. The molecule has 0 aliphatic rings. The zero-order valence-electron chi connectivity index (χ0n) is 16.1. The first-order valence-corrected chi connectivity index (χ1v) is 9.28. The van der Waals surface area contributed by atoms with Crippen molar-refractivity contribution >= 4 is 29.6 Å². The van der Waals surface area contributed by atoms with E-state index in [1.807, 2.05) is 13.8 Å². The molecule has 2 amide bonds. The van der Waals surface area contributed by atoms with E-state index < -0.39 is 18.1 Å². The molecule has 0 aliphatic heterocycles. The van der Waals surface area contributed by atoms with Gasteiger partial charge in [0.25, 0.3) is 0 Å². The second-order valence-electron chi connectivity index (χ2n) is 6.62. The standard InChI is InChI=1S/C19H27ClN2O5/c1-12(2)17(22-19(25)26-13(3)4)18(24)21-11-7-10-16(23)27-15-9-6-5-8-14(15)20/h5-6,8-9,12-13,17H,7,10-11H2,1-4H3,(H,21,24)(H,22,25). The lowest BCUT2D eigenvalue weighted by Crippen LogP contribution is -2.50. The molecule has 0 radical (unpaired) electrons. The maximum absolute atomic E-state index is 12.3. The Hall–Kier alpha value is -2.28. The Labute approximate surface area is 164 Å².